The minimum atomic E-state index is -1.91. The van der Waals surface area contributed by atoms with Crippen LogP contribution in [0.2, 0.25) is 5.02 Å². The van der Waals surface area contributed by atoms with E-state index in [1.54, 1.807) is 25.1 Å². The quantitative estimate of drug-likeness (QED) is 0.690. The van der Waals surface area contributed by atoms with Gasteiger partial charge in [0, 0.05) is 5.02 Å². The molecule has 0 saturated carbocycles. The Bertz CT molecular complexity index is 298. The fourth-order valence-corrected chi connectivity index (χ4v) is 1.55. The molecule has 1 aromatic carbocycles. The lowest BCUT2D eigenvalue weighted by Crippen LogP contribution is -1.91. The van der Waals surface area contributed by atoms with Gasteiger partial charge < -0.3 is 4.55 Å². The lowest BCUT2D eigenvalue weighted by atomic mass is 10.2. The van der Waals surface area contributed by atoms with Gasteiger partial charge >= 0.3 is 0 Å². The van der Waals surface area contributed by atoms with Crippen LogP contribution in [-0.4, -0.2) is 8.76 Å². The fourth-order valence-electron chi connectivity index (χ4n) is 0.809. The Morgan fingerprint density at radius 2 is 2.18 bits per heavy atom. The van der Waals surface area contributed by atoms with Crippen LogP contribution in [0.5, 0.6) is 0 Å². The molecular weight excluding hydrogens is 184 g/mol. The molecule has 60 valence electrons. The molecule has 4 heteroatoms. The van der Waals surface area contributed by atoms with Crippen LogP contribution < -0.4 is 0 Å². The average molecular weight is 191 g/mol. The van der Waals surface area contributed by atoms with E-state index in [0.717, 1.165) is 5.56 Å². The van der Waals surface area contributed by atoms with Crippen molar-refractivity contribution in [3.63, 3.8) is 0 Å². The van der Waals surface area contributed by atoms with Gasteiger partial charge in [-0.1, -0.05) is 11.6 Å². The third-order valence-corrected chi connectivity index (χ3v) is 2.39. The van der Waals surface area contributed by atoms with Crippen molar-refractivity contribution in [1.82, 2.24) is 0 Å². The highest BCUT2D eigenvalue weighted by molar-refractivity contribution is 7.79. The maximum atomic E-state index is 10.6. The number of hydrogen-bond donors (Lipinski definition) is 1. The number of benzene rings is 1. The molecule has 0 aromatic heterocycles. The minimum Gasteiger partial charge on any atom is -0.302 e. The molecule has 1 rings (SSSR count). The van der Waals surface area contributed by atoms with E-state index in [4.69, 9.17) is 16.2 Å². The first-order valence-corrected chi connectivity index (χ1v) is 4.47. The Balaban J connectivity index is 3.20. The predicted molar refractivity (Wildman–Crippen MR) is 45.2 cm³/mol. The van der Waals surface area contributed by atoms with Crippen molar-refractivity contribution in [3.8, 4) is 0 Å². The fraction of sp³-hybridized carbons (Fsp3) is 0.143. The molecule has 0 spiro atoms. The third-order valence-electron chi connectivity index (χ3n) is 1.33. The molecule has 1 atom stereocenters. The first-order valence-electron chi connectivity index (χ1n) is 2.98. The summed E-state index contributed by atoms with van der Waals surface area (Å²) in [7, 11) is 0. The second kappa shape index (κ2) is 3.34. The van der Waals surface area contributed by atoms with E-state index in [1.807, 2.05) is 0 Å². The molecule has 11 heavy (non-hydrogen) atoms. The van der Waals surface area contributed by atoms with Crippen LogP contribution in [0, 0.1) is 6.92 Å². The Labute approximate surface area is 72.5 Å². The lowest BCUT2D eigenvalue weighted by molar-refractivity contribution is 0.564. The predicted octanol–water partition coefficient (Wildman–Crippen LogP) is 2.23. The summed E-state index contributed by atoms with van der Waals surface area (Å²) in [5.41, 5.74) is 0.735. The van der Waals surface area contributed by atoms with Gasteiger partial charge in [-0.05, 0) is 30.7 Å². The van der Waals surface area contributed by atoms with Crippen LogP contribution in [0.4, 0.5) is 0 Å². The molecule has 0 aliphatic rings. The lowest BCUT2D eigenvalue weighted by Gasteiger charge is -1.99. The number of halogens is 1. The maximum absolute atomic E-state index is 10.6. The second-order valence-electron chi connectivity index (χ2n) is 2.16. The van der Waals surface area contributed by atoms with Crippen molar-refractivity contribution in [2.75, 3.05) is 0 Å². The Morgan fingerprint density at radius 1 is 1.55 bits per heavy atom. The van der Waals surface area contributed by atoms with Gasteiger partial charge in [0.25, 0.3) is 0 Å². The van der Waals surface area contributed by atoms with Gasteiger partial charge in [-0.2, -0.15) is 0 Å². The van der Waals surface area contributed by atoms with E-state index in [9.17, 15) is 4.21 Å². The first kappa shape index (κ1) is 8.71. The average Bonchev–Trinajstić information content (AvgIpc) is 1.85. The summed E-state index contributed by atoms with van der Waals surface area (Å²) in [4.78, 5) is 0.411. The SMILES string of the molecule is Cc1cc(Cl)ccc1S(=O)O. The highest BCUT2D eigenvalue weighted by Gasteiger charge is 2.03. The van der Waals surface area contributed by atoms with E-state index in [2.05, 4.69) is 0 Å². The molecule has 2 nitrogen and oxygen atoms in total. The minimum absolute atomic E-state index is 0.411. The molecule has 0 saturated heterocycles. The third kappa shape index (κ3) is 2.02. The zero-order valence-electron chi connectivity index (χ0n) is 5.87. The smallest absolute Gasteiger partial charge is 0.186 e. The zero-order valence-corrected chi connectivity index (χ0v) is 7.45. The largest absolute Gasteiger partial charge is 0.302 e. The van der Waals surface area contributed by atoms with Gasteiger partial charge in [0.15, 0.2) is 11.1 Å². The molecule has 0 aliphatic carbocycles. The van der Waals surface area contributed by atoms with Crippen molar-refractivity contribution < 1.29 is 8.76 Å². The van der Waals surface area contributed by atoms with Crippen LogP contribution in [0.15, 0.2) is 23.1 Å². The van der Waals surface area contributed by atoms with Crippen LogP contribution >= 0.6 is 11.6 Å². The summed E-state index contributed by atoms with van der Waals surface area (Å²) < 4.78 is 19.3. The summed E-state index contributed by atoms with van der Waals surface area (Å²) in [6.07, 6.45) is 0. The number of hydrogen-bond acceptors (Lipinski definition) is 1. The number of aryl methyl sites for hydroxylation is 1. The molecule has 0 amide bonds. The van der Waals surface area contributed by atoms with Crippen molar-refractivity contribution in [1.29, 1.82) is 0 Å². The summed E-state index contributed by atoms with van der Waals surface area (Å²) in [6, 6.07) is 4.80. The van der Waals surface area contributed by atoms with E-state index >= 15 is 0 Å². The Hall–Kier alpha value is -0.380. The van der Waals surface area contributed by atoms with Gasteiger partial charge in [0.1, 0.15) is 0 Å². The van der Waals surface area contributed by atoms with Crippen molar-refractivity contribution in [3.05, 3.63) is 28.8 Å². The van der Waals surface area contributed by atoms with E-state index in [0.29, 0.717) is 9.92 Å². The molecular formula is C7H7ClO2S. The molecule has 0 heterocycles. The molecule has 1 unspecified atom stereocenters. The second-order valence-corrected chi connectivity index (χ2v) is 3.53. The van der Waals surface area contributed by atoms with Crippen LogP contribution in [0.3, 0.4) is 0 Å². The van der Waals surface area contributed by atoms with Crippen LogP contribution in [-0.2, 0) is 11.1 Å². The molecule has 0 radical (unpaired) electrons. The van der Waals surface area contributed by atoms with E-state index < -0.39 is 11.1 Å². The Kier molecular flexibility index (Phi) is 2.65. The highest BCUT2D eigenvalue weighted by atomic mass is 35.5. The van der Waals surface area contributed by atoms with Gasteiger partial charge in [-0.15, -0.1) is 0 Å². The summed E-state index contributed by atoms with van der Waals surface area (Å²) >= 11 is 3.73. The summed E-state index contributed by atoms with van der Waals surface area (Å²) in [5.74, 6) is 0. The van der Waals surface area contributed by atoms with E-state index in [-0.39, 0.29) is 0 Å². The highest BCUT2D eigenvalue weighted by Crippen LogP contribution is 2.16. The van der Waals surface area contributed by atoms with Gasteiger partial charge in [-0.25, -0.2) is 4.21 Å². The number of rotatable bonds is 1. The van der Waals surface area contributed by atoms with Crippen molar-refractivity contribution >= 4 is 22.7 Å². The molecule has 1 aromatic rings. The van der Waals surface area contributed by atoms with Crippen molar-refractivity contribution in [2.24, 2.45) is 0 Å². The maximum Gasteiger partial charge on any atom is 0.186 e. The first-order chi connectivity index (χ1) is 5.11. The van der Waals surface area contributed by atoms with Crippen molar-refractivity contribution in [2.45, 2.75) is 11.8 Å². The van der Waals surface area contributed by atoms with Crippen LogP contribution in [0.1, 0.15) is 5.56 Å². The summed E-state index contributed by atoms with van der Waals surface area (Å²) in [6.45, 7) is 1.75. The molecule has 0 fully saturated rings. The van der Waals surface area contributed by atoms with Gasteiger partial charge in [0.2, 0.25) is 0 Å². The van der Waals surface area contributed by atoms with Gasteiger partial charge in [0.05, 0.1) is 4.90 Å². The molecule has 0 bridgehead atoms. The van der Waals surface area contributed by atoms with Crippen LogP contribution in [0.25, 0.3) is 0 Å². The normalized spacial score (nSPS) is 13.0. The Morgan fingerprint density at radius 3 is 2.64 bits per heavy atom. The summed E-state index contributed by atoms with van der Waals surface area (Å²) in [5, 5.41) is 0.580. The van der Waals surface area contributed by atoms with E-state index in [1.165, 1.54) is 0 Å². The van der Waals surface area contributed by atoms with Gasteiger partial charge in [-0.3, -0.25) is 0 Å². The topological polar surface area (TPSA) is 37.3 Å². The molecule has 1 N–H and O–H groups in total. The zero-order chi connectivity index (χ0) is 8.43. The monoisotopic (exact) mass is 190 g/mol. The standard InChI is InChI=1S/C7H7ClO2S/c1-5-4-6(8)2-3-7(5)11(9)10/h2-4H,1H3,(H,9,10). The molecule has 0 aliphatic heterocycles.